The van der Waals surface area contributed by atoms with Gasteiger partial charge in [-0.15, -0.1) is 0 Å². The van der Waals surface area contributed by atoms with E-state index in [0.29, 0.717) is 11.4 Å². The Morgan fingerprint density at radius 3 is 1.01 bits per heavy atom. The molecule has 0 spiro atoms. The molecule has 0 aliphatic carbocycles. The SMILES string of the molecule is CC(C)(C)OC(=O)C[C@H](NC(=O)c1cc(OCCOCCOCCOc2cc(OC(=O)c3ccc(N=C(N)N)cc3)cc(C(=O)N[C@@H](CC(=O)OC(C)(C)C)C(=O)OC(C)(C)C)c2)cc(OC(=O)c2ccc(N=C(N)N)cc2)c1)C(=O)OC(C)(C)C. The van der Waals surface area contributed by atoms with Gasteiger partial charge in [-0.25, -0.2) is 29.2 Å². The highest BCUT2D eigenvalue weighted by Gasteiger charge is 2.33. The van der Waals surface area contributed by atoms with Crippen LogP contribution in [0.4, 0.5) is 11.4 Å². The minimum absolute atomic E-state index is 0.00742. The predicted molar refractivity (Wildman–Crippen MR) is 314 cm³/mol. The van der Waals surface area contributed by atoms with Crippen LogP contribution in [0.3, 0.4) is 0 Å². The molecule has 4 aromatic carbocycles. The number of esters is 6. The van der Waals surface area contributed by atoms with E-state index in [9.17, 15) is 38.4 Å². The first-order valence-electron chi connectivity index (χ1n) is 27.1. The zero-order chi connectivity index (χ0) is 64.2. The summed E-state index contributed by atoms with van der Waals surface area (Å²) < 4.78 is 56.4. The molecule has 26 nitrogen and oxygen atoms in total. The third-order valence-corrected chi connectivity index (χ3v) is 10.4. The molecule has 0 radical (unpaired) electrons. The van der Waals surface area contributed by atoms with Gasteiger partial charge in [0.25, 0.3) is 11.8 Å². The first-order chi connectivity index (χ1) is 40.0. The van der Waals surface area contributed by atoms with E-state index in [1.54, 1.807) is 83.1 Å². The van der Waals surface area contributed by atoms with Gasteiger partial charge in [0.2, 0.25) is 0 Å². The molecular weight excluding hydrogens is 1120 g/mol. The van der Waals surface area contributed by atoms with Crippen molar-refractivity contribution in [2.45, 2.75) is 130 Å². The Morgan fingerprint density at radius 2 is 0.709 bits per heavy atom. The highest BCUT2D eigenvalue weighted by molar-refractivity contribution is 6.00. The second-order valence-electron chi connectivity index (χ2n) is 23.0. The normalized spacial score (nSPS) is 12.2. The van der Waals surface area contributed by atoms with E-state index in [1.807, 2.05) is 0 Å². The van der Waals surface area contributed by atoms with Crippen LogP contribution in [-0.4, -0.2) is 134 Å². The van der Waals surface area contributed by atoms with Crippen LogP contribution in [0.25, 0.3) is 0 Å². The van der Waals surface area contributed by atoms with Crippen LogP contribution in [0.1, 0.15) is 137 Å². The fourth-order valence-electron chi connectivity index (χ4n) is 7.14. The molecule has 0 aliphatic rings. The molecule has 86 heavy (non-hydrogen) atoms. The number of ether oxygens (including phenoxy) is 10. The molecule has 0 bridgehead atoms. The number of hydrogen-bond donors (Lipinski definition) is 6. The largest absolute Gasteiger partial charge is 0.491 e. The van der Waals surface area contributed by atoms with Crippen molar-refractivity contribution in [3.8, 4) is 23.0 Å². The number of guanidine groups is 2. The molecule has 0 heterocycles. The summed E-state index contributed by atoms with van der Waals surface area (Å²) in [5, 5.41) is 5.08. The molecule has 466 valence electrons. The maximum atomic E-state index is 13.9. The Bertz CT molecular complexity index is 2880. The van der Waals surface area contributed by atoms with Gasteiger partial charge >= 0.3 is 35.8 Å². The fraction of sp³-hybridized carbons (Fsp3) is 0.433. The number of carbonyl (C=O) groups excluding carboxylic acids is 8. The molecule has 26 heteroatoms. The van der Waals surface area contributed by atoms with Gasteiger partial charge in [0.15, 0.2) is 11.9 Å². The molecule has 4 rings (SSSR count). The average molecular weight is 1200 g/mol. The smallest absolute Gasteiger partial charge is 0.343 e. The summed E-state index contributed by atoms with van der Waals surface area (Å²) in [6.07, 6.45) is -1.12. The minimum atomic E-state index is -1.48. The van der Waals surface area contributed by atoms with Crippen molar-refractivity contribution in [3.63, 3.8) is 0 Å². The Balaban J connectivity index is 1.45. The maximum absolute atomic E-state index is 13.9. The Kier molecular flexibility index (Phi) is 25.0. The number of nitrogens with one attached hydrogen (secondary N) is 2. The first-order valence-corrected chi connectivity index (χ1v) is 27.1. The predicted octanol–water partition coefficient (Wildman–Crippen LogP) is 5.77. The first kappa shape index (κ1) is 69.2. The maximum Gasteiger partial charge on any atom is 0.343 e. The van der Waals surface area contributed by atoms with Gasteiger partial charge in [0.1, 0.15) is 70.7 Å². The zero-order valence-corrected chi connectivity index (χ0v) is 50.4. The van der Waals surface area contributed by atoms with Gasteiger partial charge in [0.05, 0.1) is 61.8 Å². The van der Waals surface area contributed by atoms with Crippen LogP contribution in [0.15, 0.2) is 94.9 Å². The summed E-state index contributed by atoms with van der Waals surface area (Å²) in [7, 11) is 0. The second-order valence-corrected chi connectivity index (χ2v) is 23.0. The monoisotopic (exact) mass is 1200 g/mol. The molecule has 0 unspecified atom stereocenters. The number of aliphatic imine (C=N–C) groups is 2. The van der Waals surface area contributed by atoms with Gasteiger partial charge in [0, 0.05) is 23.3 Å². The van der Waals surface area contributed by atoms with E-state index >= 15 is 0 Å². The number of amides is 2. The second kappa shape index (κ2) is 31.0. The van der Waals surface area contributed by atoms with Crippen molar-refractivity contribution < 1.29 is 85.7 Å². The summed E-state index contributed by atoms with van der Waals surface area (Å²) in [4.78, 5) is 115. The lowest BCUT2D eigenvalue weighted by Gasteiger charge is -2.26. The van der Waals surface area contributed by atoms with Crippen molar-refractivity contribution in [1.29, 1.82) is 0 Å². The molecule has 10 N–H and O–H groups in total. The summed E-state index contributed by atoms with van der Waals surface area (Å²) >= 11 is 0. The van der Waals surface area contributed by atoms with Crippen LogP contribution in [0.5, 0.6) is 23.0 Å². The van der Waals surface area contributed by atoms with Crippen molar-refractivity contribution in [1.82, 2.24) is 10.6 Å². The summed E-state index contributed by atoms with van der Waals surface area (Å²) in [5.41, 5.74) is 18.9. The lowest BCUT2D eigenvalue weighted by atomic mass is 10.1. The number of hydrogen-bond acceptors (Lipinski definition) is 20. The molecule has 0 aliphatic heterocycles. The minimum Gasteiger partial charge on any atom is -0.491 e. The van der Waals surface area contributed by atoms with Crippen LogP contribution < -0.4 is 52.5 Å². The van der Waals surface area contributed by atoms with E-state index in [0.717, 1.165) is 0 Å². The summed E-state index contributed by atoms with van der Waals surface area (Å²) in [5.74, 6) is -7.16. The van der Waals surface area contributed by atoms with Crippen molar-refractivity contribution in [2.24, 2.45) is 32.9 Å². The molecule has 2 atom stereocenters. The van der Waals surface area contributed by atoms with E-state index in [2.05, 4.69) is 20.6 Å². The lowest BCUT2D eigenvalue weighted by Crippen LogP contribution is -2.46. The standard InChI is InChI=1S/C60H78N8O18/c1-57(2,3)83-47(69)33-45(53(75)85-59(7,8)9)67-49(71)37-27-41(31-43(29-37)81-51(73)35-13-17-39(18-14-35)65-55(61)62)79-25-23-77-21-22-78-24-26-80-42-28-38(30-44(32-42)82-52(74)36-15-19-40(20-16-36)66-56(63)64)50(72)68-46(54(76)86-60(10,11)12)34-48(70)84-58(4,5)6/h13-20,27-32,45-46H,21-26,33-34H2,1-12H3,(H,67,71)(H,68,72)(H4,61,62,65)(H4,63,64,66)/t45-,46-/m0/s1. The van der Waals surface area contributed by atoms with Crippen molar-refractivity contribution >= 4 is 70.9 Å². The third kappa shape index (κ3) is 26.5. The van der Waals surface area contributed by atoms with Crippen molar-refractivity contribution in [3.05, 3.63) is 107 Å². The molecular formula is C60H78N8O18. The number of rotatable bonds is 27. The van der Waals surface area contributed by atoms with Gasteiger partial charge in [-0.1, -0.05) is 0 Å². The number of benzene rings is 4. The Hall–Kier alpha value is -9.30. The molecule has 4 aromatic rings. The lowest BCUT2D eigenvalue weighted by molar-refractivity contribution is -0.164. The van der Waals surface area contributed by atoms with E-state index in [-0.39, 0.29) is 96.8 Å². The molecule has 0 aromatic heterocycles. The van der Waals surface area contributed by atoms with Gasteiger partial charge in [-0.2, -0.15) is 0 Å². The van der Waals surface area contributed by atoms with Crippen LogP contribution in [-0.2, 0) is 47.6 Å². The Labute approximate surface area is 498 Å². The van der Waals surface area contributed by atoms with E-state index < -0.39 is 95.0 Å². The average Bonchev–Trinajstić information content (AvgIpc) is 2.19. The number of carbonyl (C=O) groups is 8. The summed E-state index contributed by atoms with van der Waals surface area (Å²) in [6, 6.07) is 16.6. The van der Waals surface area contributed by atoms with Gasteiger partial charge in [-0.3, -0.25) is 19.2 Å². The summed E-state index contributed by atoms with van der Waals surface area (Å²) in [6.45, 7) is 19.7. The molecule has 0 fully saturated rings. The zero-order valence-electron chi connectivity index (χ0n) is 50.4. The fourth-order valence-corrected chi connectivity index (χ4v) is 7.14. The Morgan fingerprint density at radius 1 is 0.407 bits per heavy atom. The highest BCUT2D eigenvalue weighted by Crippen LogP contribution is 2.28. The third-order valence-electron chi connectivity index (χ3n) is 10.4. The number of nitrogens with two attached hydrogens (primary N) is 4. The van der Waals surface area contributed by atoms with Crippen LogP contribution in [0.2, 0.25) is 0 Å². The van der Waals surface area contributed by atoms with E-state index in [1.165, 1.54) is 84.9 Å². The van der Waals surface area contributed by atoms with Crippen LogP contribution >= 0.6 is 0 Å². The quantitative estimate of drug-likeness (QED) is 0.0103. The molecule has 0 saturated heterocycles. The highest BCUT2D eigenvalue weighted by atomic mass is 16.6. The van der Waals surface area contributed by atoms with Gasteiger partial charge in [-0.05, 0) is 156 Å². The number of nitrogens with zero attached hydrogens (tertiary/aromatic N) is 2. The van der Waals surface area contributed by atoms with Gasteiger partial charge < -0.3 is 80.9 Å². The van der Waals surface area contributed by atoms with Crippen LogP contribution in [0, 0.1) is 0 Å². The topological polar surface area (TPSA) is 382 Å². The van der Waals surface area contributed by atoms with Crippen molar-refractivity contribution in [2.75, 3.05) is 39.6 Å². The van der Waals surface area contributed by atoms with E-state index in [4.69, 9.17) is 70.3 Å². The molecule has 0 saturated carbocycles. The molecule has 2 amide bonds.